The zero-order valence-corrected chi connectivity index (χ0v) is 11.2. The number of aromatic nitrogens is 3. The Bertz CT molecular complexity index is 655. The average molecular weight is 261 g/mol. The Balaban J connectivity index is 2.19. The highest BCUT2D eigenvalue weighted by Gasteiger charge is 2.13. The third-order valence-corrected chi connectivity index (χ3v) is 4.52. The van der Waals surface area contributed by atoms with Gasteiger partial charge in [0.2, 0.25) is 4.96 Å². The van der Waals surface area contributed by atoms with Crippen molar-refractivity contribution < 1.29 is 0 Å². The normalized spacial score (nSPS) is 11.2. The molecule has 0 fully saturated rings. The number of benzene rings is 1. The molecule has 0 bridgehead atoms. The van der Waals surface area contributed by atoms with E-state index in [1.54, 1.807) is 23.1 Å². The van der Waals surface area contributed by atoms with Crippen molar-refractivity contribution in [1.82, 2.24) is 14.6 Å². The summed E-state index contributed by atoms with van der Waals surface area (Å²) in [6, 6.07) is 10.2. The van der Waals surface area contributed by atoms with Crippen LogP contribution in [0.4, 0.5) is 0 Å². The van der Waals surface area contributed by atoms with Gasteiger partial charge in [0, 0.05) is 5.56 Å². The number of rotatable bonds is 2. The number of hydrogen-bond acceptors (Lipinski definition) is 4. The number of nitrogens with zero attached hydrogens (tertiary/aromatic N) is 3. The van der Waals surface area contributed by atoms with Crippen LogP contribution in [0.5, 0.6) is 0 Å². The van der Waals surface area contributed by atoms with E-state index in [4.69, 9.17) is 0 Å². The topological polar surface area (TPSA) is 30.2 Å². The van der Waals surface area contributed by atoms with Crippen LogP contribution < -0.4 is 0 Å². The van der Waals surface area contributed by atoms with Crippen LogP contribution >= 0.6 is 23.1 Å². The summed E-state index contributed by atoms with van der Waals surface area (Å²) in [6.45, 7) is 2.06. The van der Waals surface area contributed by atoms with Crippen LogP contribution in [0.15, 0.2) is 34.7 Å². The van der Waals surface area contributed by atoms with Crippen LogP contribution in [0.2, 0.25) is 0 Å². The first-order valence-corrected chi connectivity index (χ1v) is 7.29. The van der Waals surface area contributed by atoms with E-state index in [0.717, 1.165) is 26.3 Å². The van der Waals surface area contributed by atoms with E-state index in [2.05, 4.69) is 29.1 Å². The van der Waals surface area contributed by atoms with E-state index in [0.29, 0.717) is 0 Å². The Labute approximate surface area is 108 Å². The van der Waals surface area contributed by atoms with Crippen LogP contribution in [0.25, 0.3) is 16.2 Å². The minimum atomic E-state index is 0.964. The molecule has 3 aromatic rings. The summed E-state index contributed by atoms with van der Waals surface area (Å²) in [5.74, 6) is 0. The van der Waals surface area contributed by atoms with Gasteiger partial charge in [-0.05, 0) is 13.2 Å². The van der Waals surface area contributed by atoms with Gasteiger partial charge in [-0.2, -0.15) is 0 Å². The zero-order chi connectivity index (χ0) is 11.8. The average Bonchev–Trinajstić information content (AvgIpc) is 2.90. The van der Waals surface area contributed by atoms with Gasteiger partial charge in [-0.25, -0.2) is 9.50 Å². The molecule has 0 spiro atoms. The predicted octanol–water partition coefficient (Wildman–Crippen LogP) is 3.49. The molecular weight excluding hydrogens is 250 g/mol. The van der Waals surface area contributed by atoms with E-state index in [1.165, 1.54) is 0 Å². The smallest absolute Gasteiger partial charge is 0.213 e. The summed E-state index contributed by atoms with van der Waals surface area (Å²) in [5.41, 5.74) is 3.27. The van der Waals surface area contributed by atoms with Gasteiger partial charge in [0.05, 0.1) is 11.4 Å². The monoisotopic (exact) mass is 261 g/mol. The van der Waals surface area contributed by atoms with Crippen molar-refractivity contribution in [2.24, 2.45) is 0 Å². The zero-order valence-electron chi connectivity index (χ0n) is 9.54. The Hall–Kier alpha value is -1.33. The number of aryl methyl sites for hydroxylation is 1. The lowest BCUT2D eigenvalue weighted by molar-refractivity contribution is 0.883. The SMILES string of the molecule is CSc1nn2c(C)c(-c3ccccc3)nc2s1. The maximum atomic E-state index is 4.66. The third kappa shape index (κ3) is 1.75. The Kier molecular flexibility index (Phi) is 2.64. The fourth-order valence-corrected chi connectivity index (χ4v) is 3.18. The van der Waals surface area contributed by atoms with E-state index in [-0.39, 0.29) is 0 Å². The lowest BCUT2D eigenvalue weighted by atomic mass is 10.1. The second kappa shape index (κ2) is 4.16. The molecule has 0 unspecified atom stereocenters. The quantitative estimate of drug-likeness (QED) is 0.661. The molecule has 0 aliphatic rings. The number of thioether (sulfide) groups is 1. The van der Waals surface area contributed by atoms with Crippen molar-refractivity contribution in [3.8, 4) is 11.3 Å². The largest absolute Gasteiger partial charge is 0.217 e. The van der Waals surface area contributed by atoms with Crippen molar-refractivity contribution >= 4 is 28.1 Å². The molecule has 0 amide bonds. The minimum absolute atomic E-state index is 0.964. The molecule has 0 saturated carbocycles. The Morgan fingerprint density at radius 1 is 1.24 bits per heavy atom. The van der Waals surface area contributed by atoms with Crippen molar-refractivity contribution in [1.29, 1.82) is 0 Å². The van der Waals surface area contributed by atoms with E-state index in [9.17, 15) is 0 Å². The summed E-state index contributed by atoms with van der Waals surface area (Å²) >= 11 is 3.29. The predicted molar refractivity (Wildman–Crippen MR) is 72.8 cm³/mol. The van der Waals surface area contributed by atoms with Crippen LogP contribution in [0.3, 0.4) is 0 Å². The first-order chi connectivity index (χ1) is 8.29. The number of fused-ring (bicyclic) bond motifs is 1. The molecule has 1 aromatic carbocycles. The standard InChI is InChI=1S/C12H11N3S2/c1-8-10(9-6-4-3-5-7-9)13-11-15(8)14-12(16-2)17-11/h3-7H,1-2H3. The van der Waals surface area contributed by atoms with E-state index >= 15 is 0 Å². The van der Waals surface area contributed by atoms with Gasteiger partial charge in [-0.15, -0.1) is 5.10 Å². The van der Waals surface area contributed by atoms with E-state index in [1.807, 2.05) is 29.0 Å². The second-order valence-corrected chi connectivity index (χ2v) is 5.69. The van der Waals surface area contributed by atoms with Gasteiger partial charge >= 0.3 is 0 Å². The molecule has 5 heteroatoms. The summed E-state index contributed by atoms with van der Waals surface area (Å²) in [4.78, 5) is 5.62. The van der Waals surface area contributed by atoms with Gasteiger partial charge < -0.3 is 0 Å². The molecule has 0 saturated heterocycles. The fraction of sp³-hybridized carbons (Fsp3) is 0.167. The van der Waals surface area contributed by atoms with E-state index < -0.39 is 0 Å². The van der Waals surface area contributed by atoms with Crippen molar-refractivity contribution in [2.45, 2.75) is 11.3 Å². The third-order valence-electron chi connectivity index (χ3n) is 2.63. The molecule has 3 rings (SSSR count). The van der Waals surface area contributed by atoms with Gasteiger partial charge in [-0.3, -0.25) is 0 Å². The Morgan fingerprint density at radius 2 is 2.00 bits per heavy atom. The lowest BCUT2D eigenvalue weighted by Crippen LogP contribution is -1.88. The van der Waals surface area contributed by atoms with Crippen LogP contribution in [0, 0.1) is 6.92 Å². The lowest BCUT2D eigenvalue weighted by Gasteiger charge is -1.97. The number of hydrogen-bond donors (Lipinski definition) is 0. The fourth-order valence-electron chi connectivity index (χ4n) is 1.78. The molecule has 2 aromatic heterocycles. The molecular formula is C12H11N3S2. The maximum Gasteiger partial charge on any atom is 0.213 e. The molecule has 0 aliphatic carbocycles. The summed E-state index contributed by atoms with van der Waals surface area (Å²) in [5, 5.41) is 4.51. The summed E-state index contributed by atoms with van der Waals surface area (Å²) in [6.07, 6.45) is 2.03. The molecule has 0 N–H and O–H groups in total. The molecule has 17 heavy (non-hydrogen) atoms. The highest BCUT2D eigenvalue weighted by molar-refractivity contribution is 8.00. The minimum Gasteiger partial charge on any atom is -0.217 e. The van der Waals surface area contributed by atoms with Crippen molar-refractivity contribution in [3.63, 3.8) is 0 Å². The van der Waals surface area contributed by atoms with Gasteiger partial charge in [0.1, 0.15) is 0 Å². The second-order valence-electron chi connectivity index (χ2n) is 3.68. The first-order valence-electron chi connectivity index (χ1n) is 5.25. The van der Waals surface area contributed by atoms with Crippen LogP contribution in [0.1, 0.15) is 5.69 Å². The molecule has 0 radical (unpaired) electrons. The number of imidazole rings is 1. The molecule has 86 valence electrons. The van der Waals surface area contributed by atoms with Gasteiger partial charge in [0.25, 0.3) is 0 Å². The van der Waals surface area contributed by atoms with Crippen LogP contribution in [-0.2, 0) is 0 Å². The van der Waals surface area contributed by atoms with Crippen LogP contribution in [-0.4, -0.2) is 20.9 Å². The summed E-state index contributed by atoms with van der Waals surface area (Å²) in [7, 11) is 0. The Morgan fingerprint density at radius 3 is 2.65 bits per heavy atom. The maximum absolute atomic E-state index is 4.66. The van der Waals surface area contributed by atoms with Crippen molar-refractivity contribution in [2.75, 3.05) is 6.26 Å². The molecule has 2 heterocycles. The highest BCUT2D eigenvalue weighted by Crippen LogP contribution is 2.28. The molecule has 0 aliphatic heterocycles. The molecule has 0 atom stereocenters. The van der Waals surface area contributed by atoms with Gasteiger partial charge in [-0.1, -0.05) is 53.4 Å². The molecule has 3 nitrogen and oxygen atoms in total. The van der Waals surface area contributed by atoms with Gasteiger partial charge in [0.15, 0.2) is 4.34 Å². The first kappa shape index (κ1) is 10.8. The summed E-state index contributed by atoms with van der Waals surface area (Å²) < 4.78 is 2.98. The van der Waals surface area contributed by atoms with Crippen molar-refractivity contribution in [3.05, 3.63) is 36.0 Å². The highest BCUT2D eigenvalue weighted by atomic mass is 32.2.